The minimum absolute atomic E-state index is 0.558. The first-order valence-corrected chi connectivity index (χ1v) is 2.27. The Morgan fingerprint density at radius 1 is 1.00 bits per heavy atom. The lowest BCUT2D eigenvalue weighted by molar-refractivity contribution is -0.134. The molecule has 0 bridgehead atoms. The Morgan fingerprint density at radius 3 is 1.30 bits per heavy atom. The van der Waals surface area contributed by atoms with Crippen molar-refractivity contribution >= 4 is 23.8 Å². The Morgan fingerprint density at radius 2 is 1.20 bits per heavy atom. The van der Waals surface area contributed by atoms with Crippen LogP contribution in [0.3, 0.4) is 0 Å². The molecule has 0 aliphatic heterocycles. The lowest BCUT2D eigenvalue weighted by atomic mass is 10.5. The second-order valence-corrected chi connectivity index (χ2v) is 1.01. The Labute approximate surface area is 61.3 Å². The molecule has 0 spiro atoms. The molecule has 3 N–H and O–H groups in total. The van der Waals surface area contributed by atoms with Crippen molar-refractivity contribution in [2.45, 2.75) is 0 Å². The van der Waals surface area contributed by atoms with Gasteiger partial charge in [-0.2, -0.15) is 0 Å². The minimum Gasteiger partial charge on any atom is -0.478 e. The molecule has 0 saturated heterocycles. The van der Waals surface area contributed by atoms with Crippen LogP contribution in [-0.2, 0) is 9.59 Å². The van der Waals surface area contributed by atoms with Gasteiger partial charge < -0.3 is 10.2 Å². The third-order valence-corrected chi connectivity index (χ3v) is 0.368. The number of halogens is 1. The average molecular weight is 169 g/mol. The Kier molecular flexibility index (Phi) is 9.27. The second-order valence-electron chi connectivity index (χ2n) is 1.01. The van der Waals surface area contributed by atoms with Crippen molar-refractivity contribution < 1.29 is 24.5 Å². The summed E-state index contributed by atoms with van der Waals surface area (Å²) in [5, 5.41) is 15.6. The van der Waals surface area contributed by atoms with E-state index in [1.54, 1.807) is 0 Å². The van der Waals surface area contributed by atoms with Gasteiger partial charge in [-0.25, -0.2) is 9.59 Å². The van der Waals surface area contributed by atoms with Gasteiger partial charge >= 0.3 is 11.9 Å². The van der Waals surface area contributed by atoms with Gasteiger partial charge in [0.1, 0.15) is 0 Å². The zero-order valence-corrected chi connectivity index (χ0v) is 5.45. The highest BCUT2D eigenvalue weighted by Gasteiger charge is 1.88. The van der Waals surface area contributed by atoms with E-state index in [2.05, 4.69) is 11.9 Å². The molecule has 0 fully saturated rings. The molecule has 58 valence electrons. The Balaban J connectivity index is 0. The third-order valence-electron chi connectivity index (χ3n) is 0.368. The predicted octanol–water partition coefficient (Wildman–Crippen LogP) is -0.156. The molecule has 0 amide bonds. The number of hydrogen-bond donors (Lipinski definition) is 3. The molecule has 0 unspecified atom stereocenters. The molecule has 10 heavy (non-hydrogen) atoms. The van der Waals surface area contributed by atoms with Crippen LogP contribution in [0.25, 0.3) is 0 Å². The Hall–Kier alpha value is -1.07. The molecule has 6 heteroatoms. The maximum Gasteiger partial charge on any atom is 0.328 e. The number of hydrogen-bond acceptors (Lipinski definition) is 3. The molecule has 0 aromatic heterocycles. The van der Waals surface area contributed by atoms with E-state index < -0.39 is 11.9 Å². The van der Waals surface area contributed by atoms with Crippen LogP contribution in [-0.4, -0.2) is 26.8 Å². The first-order valence-electron chi connectivity index (χ1n) is 1.94. The van der Waals surface area contributed by atoms with Gasteiger partial charge in [0.15, 0.2) is 0 Å². The van der Waals surface area contributed by atoms with Crippen LogP contribution in [0.2, 0.25) is 0 Å². The van der Waals surface area contributed by atoms with E-state index in [-0.39, 0.29) is 0 Å². The van der Waals surface area contributed by atoms with E-state index in [9.17, 15) is 9.59 Å². The fourth-order valence-corrected chi connectivity index (χ4v) is 0.143. The van der Waals surface area contributed by atoms with Gasteiger partial charge in [-0.1, -0.05) is 0 Å². The van der Waals surface area contributed by atoms with Crippen molar-refractivity contribution in [2.75, 3.05) is 0 Å². The van der Waals surface area contributed by atoms with Crippen molar-refractivity contribution in [1.29, 1.82) is 0 Å². The molecule has 0 aromatic rings. The molecule has 0 atom stereocenters. The van der Waals surface area contributed by atoms with Crippen molar-refractivity contribution in [3.63, 3.8) is 0 Å². The smallest absolute Gasteiger partial charge is 0.328 e. The minimum atomic E-state index is -1.26. The van der Waals surface area contributed by atoms with Gasteiger partial charge in [0.05, 0.1) is 11.9 Å². The number of carboxylic acid groups (broad SMARTS) is 2. The highest BCUT2D eigenvalue weighted by Crippen LogP contribution is 1.70. The van der Waals surface area contributed by atoms with E-state index >= 15 is 0 Å². The third kappa shape index (κ3) is 15.8. The van der Waals surface area contributed by atoms with Crippen LogP contribution in [0.5, 0.6) is 0 Å². The van der Waals surface area contributed by atoms with Crippen LogP contribution in [0, 0.1) is 0 Å². The second kappa shape index (κ2) is 7.93. The van der Waals surface area contributed by atoms with Gasteiger partial charge in [0, 0.05) is 12.2 Å². The van der Waals surface area contributed by atoms with Gasteiger partial charge in [-0.3, -0.25) is 4.66 Å². The fourth-order valence-electron chi connectivity index (χ4n) is 0.143. The van der Waals surface area contributed by atoms with E-state index in [0.717, 1.165) is 0 Å². The number of carbonyl (C=O) groups is 2. The molecule has 0 aromatic carbocycles. The van der Waals surface area contributed by atoms with Gasteiger partial charge in [-0.15, -0.1) is 0 Å². The molecular formula is C4H5ClO5. The summed E-state index contributed by atoms with van der Waals surface area (Å²) >= 11 is 3.64. The van der Waals surface area contributed by atoms with Gasteiger partial charge in [0.2, 0.25) is 0 Å². The van der Waals surface area contributed by atoms with Crippen molar-refractivity contribution in [3.8, 4) is 0 Å². The summed E-state index contributed by atoms with van der Waals surface area (Å²) in [6.45, 7) is 0. The average Bonchev–Trinajstić information content (AvgIpc) is 1.89. The summed E-state index contributed by atoms with van der Waals surface area (Å²) in [6.07, 6.45) is 1.12. The van der Waals surface area contributed by atoms with Crippen LogP contribution in [0.1, 0.15) is 0 Å². The summed E-state index contributed by atoms with van der Waals surface area (Å²) in [5.41, 5.74) is 0. The zero-order chi connectivity index (χ0) is 8.57. The van der Waals surface area contributed by atoms with Gasteiger partial charge in [0.25, 0.3) is 0 Å². The predicted molar refractivity (Wildman–Crippen MR) is 32.5 cm³/mol. The van der Waals surface area contributed by atoms with Crippen molar-refractivity contribution in [2.24, 2.45) is 0 Å². The highest BCUT2D eigenvalue weighted by atomic mass is 35.5. The first-order chi connectivity index (χ1) is 4.63. The van der Waals surface area contributed by atoms with Crippen LogP contribution < -0.4 is 0 Å². The largest absolute Gasteiger partial charge is 0.478 e. The number of carboxylic acids is 2. The summed E-state index contributed by atoms with van der Waals surface area (Å²) in [5.74, 6) is -2.51. The molecule has 0 rings (SSSR count). The first kappa shape index (κ1) is 11.7. The molecule has 0 saturated carbocycles. The monoisotopic (exact) mass is 168 g/mol. The maximum atomic E-state index is 9.55. The quantitative estimate of drug-likeness (QED) is 0.498. The number of rotatable bonds is 2. The van der Waals surface area contributed by atoms with Crippen molar-refractivity contribution in [1.82, 2.24) is 0 Å². The zero-order valence-electron chi connectivity index (χ0n) is 4.69. The standard InChI is InChI=1S/C4H4O4.ClHO/c5-3(6)1-2-4(7)8;1-2/h1-2H,(H,5,6)(H,7,8);2H/b2-1+;. The SMILES string of the molecule is O=C(O)/C=C/C(=O)O.OCl. The fraction of sp³-hybridized carbons (Fsp3) is 0. The van der Waals surface area contributed by atoms with E-state index in [0.29, 0.717) is 12.2 Å². The summed E-state index contributed by atoms with van der Waals surface area (Å²) in [6, 6.07) is 0. The molecule has 0 aliphatic rings. The summed E-state index contributed by atoms with van der Waals surface area (Å²) in [7, 11) is 0. The highest BCUT2D eigenvalue weighted by molar-refractivity contribution is 6.04. The number of aliphatic carboxylic acids is 2. The molecule has 0 aliphatic carbocycles. The van der Waals surface area contributed by atoms with E-state index in [4.69, 9.17) is 14.9 Å². The van der Waals surface area contributed by atoms with E-state index in [1.807, 2.05) is 0 Å². The van der Waals surface area contributed by atoms with Crippen LogP contribution >= 0.6 is 11.9 Å². The van der Waals surface area contributed by atoms with Crippen LogP contribution in [0.4, 0.5) is 0 Å². The van der Waals surface area contributed by atoms with Crippen LogP contribution in [0.15, 0.2) is 12.2 Å². The van der Waals surface area contributed by atoms with Gasteiger partial charge in [-0.05, 0) is 0 Å². The Bertz CT molecular complexity index is 125. The van der Waals surface area contributed by atoms with Crippen molar-refractivity contribution in [3.05, 3.63) is 12.2 Å². The topological polar surface area (TPSA) is 94.8 Å². The lowest BCUT2D eigenvalue weighted by Crippen LogP contribution is -1.91. The molecular weight excluding hydrogens is 163 g/mol. The van der Waals surface area contributed by atoms with E-state index in [1.165, 1.54) is 0 Å². The summed E-state index contributed by atoms with van der Waals surface area (Å²) < 4.78 is 6.47. The normalized spacial score (nSPS) is 8.20. The molecule has 0 radical (unpaired) electrons. The summed E-state index contributed by atoms with van der Waals surface area (Å²) in [4.78, 5) is 19.1. The molecule has 5 nitrogen and oxygen atoms in total. The maximum absolute atomic E-state index is 9.55. The molecule has 0 heterocycles. The lowest BCUT2D eigenvalue weighted by Gasteiger charge is -1.74.